The van der Waals surface area contributed by atoms with E-state index in [1.54, 1.807) is 0 Å². The van der Waals surface area contributed by atoms with E-state index in [1.165, 1.54) is 23.4 Å². The Morgan fingerprint density at radius 3 is 2.59 bits per heavy atom. The Labute approximate surface area is 128 Å². The highest BCUT2D eigenvalue weighted by molar-refractivity contribution is 14.1. The zero-order valence-electron chi connectivity index (χ0n) is 9.63. The van der Waals surface area contributed by atoms with Gasteiger partial charge in [0, 0.05) is 17.8 Å². The Bertz CT molecular complexity index is 524. The van der Waals surface area contributed by atoms with E-state index >= 15 is 0 Å². The number of halogens is 2. The molecule has 1 heterocycles. The van der Waals surface area contributed by atoms with Gasteiger partial charge in [-0.2, -0.15) is 0 Å². The number of hydrogen-bond acceptors (Lipinski definition) is 2. The van der Waals surface area contributed by atoms with Crippen molar-refractivity contribution in [3.8, 4) is 0 Å². The molecule has 0 saturated heterocycles. The van der Waals surface area contributed by atoms with Gasteiger partial charge in [-0.05, 0) is 70.2 Å². The van der Waals surface area contributed by atoms with Crippen LogP contribution in [0.1, 0.15) is 21.4 Å². The molecule has 2 aromatic rings. The van der Waals surface area contributed by atoms with Gasteiger partial charge in [0.05, 0.1) is 6.04 Å². The van der Waals surface area contributed by atoms with Crippen LogP contribution in [0.4, 0.5) is 0 Å². The minimum atomic E-state index is 0.260. The summed E-state index contributed by atoms with van der Waals surface area (Å²) in [7, 11) is 2.01. The second kappa shape index (κ2) is 5.82. The van der Waals surface area contributed by atoms with Crippen molar-refractivity contribution in [1.29, 1.82) is 0 Å². The lowest BCUT2D eigenvalue weighted by atomic mass is 10.1. The van der Waals surface area contributed by atoms with Crippen LogP contribution in [-0.4, -0.2) is 7.05 Å². The highest BCUT2D eigenvalue weighted by Gasteiger charge is 2.19. The molecule has 0 aliphatic carbocycles. The third-order valence-corrected chi connectivity index (χ3v) is 5.62. The second-order valence-electron chi connectivity index (χ2n) is 3.81. The van der Waals surface area contributed by atoms with Gasteiger partial charge in [-0.1, -0.05) is 18.2 Å². The van der Waals surface area contributed by atoms with Crippen molar-refractivity contribution in [3.05, 3.63) is 53.7 Å². The molecule has 90 valence electrons. The number of hydrogen-bond donors (Lipinski definition) is 1. The lowest BCUT2D eigenvalue weighted by Crippen LogP contribution is -2.17. The highest BCUT2D eigenvalue weighted by Crippen LogP contribution is 2.36. The van der Waals surface area contributed by atoms with E-state index < -0.39 is 0 Å². The first-order valence-corrected chi connectivity index (χ1v) is 8.00. The third kappa shape index (κ3) is 2.92. The fraction of sp³-hybridized carbons (Fsp3) is 0.231. The topological polar surface area (TPSA) is 12.0 Å². The summed E-state index contributed by atoms with van der Waals surface area (Å²) in [6.45, 7) is 2.14. The maximum Gasteiger partial charge on any atom is 0.0690 e. The zero-order chi connectivity index (χ0) is 12.4. The number of thiophene rings is 1. The molecule has 0 spiro atoms. The summed E-state index contributed by atoms with van der Waals surface area (Å²) in [6.07, 6.45) is 0. The molecule has 0 aliphatic rings. The molecular weight excluding hydrogens is 409 g/mol. The summed E-state index contributed by atoms with van der Waals surface area (Å²) in [5.74, 6) is 0. The molecule has 1 unspecified atom stereocenters. The van der Waals surface area contributed by atoms with Crippen molar-refractivity contribution >= 4 is 49.9 Å². The molecule has 1 atom stereocenters. The van der Waals surface area contributed by atoms with E-state index in [9.17, 15) is 0 Å². The Balaban J connectivity index is 2.47. The van der Waals surface area contributed by atoms with Crippen LogP contribution in [0.2, 0.25) is 0 Å². The Morgan fingerprint density at radius 2 is 2.06 bits per heavy atom. The van der Waals surface area contributed by atoms with E-state index in [1.807, 2.05) is 18.4 Å². The first-order valence-electron chi connectivity index (χ1n) is 5.31. The fourth-order valence-electron chi connectivity index (χ4n) is 1.84. The maximum absolute atomic E-state index is 3.65. The van der Waals surface area contributed by atoms with Gasteiger partial charge in [0.25, 0.3) is 0 Å². The third-order valence-electron chi connectivity index (χ3n) is 2.60. The predicted octanol–water partition coefficient (Wildman–Crippen LogP) is 4.73. The highest BCUT2D eigenvalue weighted by atomic mass is 127. The average Bonchev–Trinajstić information content (AvgIpc) is 2.62. The van der Waals surface area contributed by atoms with E-state index in [0.29, 0.717) is 0 Å². The minimum Gasteiger partial charge on any atom is -0.309 e. The summed E-state index contributed by atoms with van der Waals surface area (Å²) < 4.78 is 2.49. The van der Waals surface area contributed by atoms with Crippen LogP contribution in [0.3, 0.4) is 0 Å². The van der Waals surface area contributed by atoms with Gasteiger partial charge >= 0.3 is 0 Å². The quantitative estimate of drug-likeness (QED) is 0.706. The molecule has 0 radical (unpaired) electrons. The lowest BCUT2D eigenvalue weighted by Gasteiger charge is -2.17. The first-order chi connectivity index (χ1) is 8.13. The molecule has 17 heavy (non-hydrogen) atoms. The van der Waals surface area contributed by atoms with Crippen LogP contribution in [-0.2, 0) is 0 Å². The van der Waals surface area contributed by atoms with Crippen LogP contribution >= 0.6 is 49.9 Å². The summed E-state index contributed by atoms with van der Waals surface area (Å²) in [6, 6.07) is 10.9. The fourth-order valence-corrected chi connectivity index (χ4v) is 4.54. The van der Waals surface area contributed by atoms with Gasteiger partial charge < -0.3 is 5.32 Å². The molecule has 0 aliphatic heterocycles. The molecular formula is C13H13BrINS. The monoisotopic (exact) mass is 421 g/mol. The average molecular weight is 422 g/mol. The molecule has 0 amide bonds. The summed E-state index contributed by atoms with van der Waals surface area (Å²) >= 11 is 7.88. The number of aryl methyl sites for hydroxylation is 1. The molecule has 0 bridgehead atoms. The largest absolute Gasteiger partial charge is 0.309 e. The molecule has 0 fully saturated rings. The summed E-state index contributed by atoms with van der Waals surface area (Å²) in [5, 5.41) is 3.41. The standard InChI is InChI=1S/C13H13BrINS/c1-8-7-10(14)13(17-8)12(16-2)9-5-3-4-6-11(9)15/h3-7,12,16H,1-2H3. The van der Waals surface area contributed by atoms with E-state index in [4.69, 9.17) is 0 Å². The van der Waals surface area contributed by atoms with Crippen molar-refractivity contribution < 1.29 is 0 Å². The van der Waals surface area contributed by atoms with E-state index in [2.05, 4.69) is 81.1 Å². The van der Waals surface area contributed by atoms with Gasteiger partial charge in [0.1, 0.15) is 0 Å². The predicted molar refractivity (Wildman–Crippen MR) is 86.8 cm³/mol. The molecule has 1 N–H and O–H groups in total. The maximum atomic E-state index is 3.65. The number of nitrogens with one attached hydrogen (secondary N) is 1. The molecule has 0 saturated carbocycles. The lowest BCUT2D eigenvalue weighted by molar-refractivity contribution is 0.698. The van der Waals surface area contributed by atoms with Gasteiger partial charge in [-0.3, -0.25) is 0 Å². The SMILES string of the molecule is CNC(c1ccccc1I)c1sc(C)cc1Br. The first kappa shape index (κ1) is 13.5. The Hall–Kier alpha value is 0.0900. The Morgan fingerprint density at radius 1 is 1.35 bits per heavy atom. The molecule has 2 rings (SSSR count). The normalized spacial score (nSPS) is 12.7. The molecule has 1 aromatic carbocycles. The van der Waals surface area contributed by atoms with Crippen molar-refractivity contribution in [2.45, 2.75) is 13.0 Å². The summed E-state index contributed by atoms with van der Waals surface area (Å²) in [4.78, 5) is 2.67. The van der Waals surface area contributed by atoms with Gasteiger partial charge in [-0.25, -0.2) is 0 Å². The van der Waals surface area contributed by atoms with Crippen molar-refractivity contribution in [1.82, 2.24) is 5.32 Å². The van der Waals surface area contributed by atoms with Crippen molar-refractivity contribution in [2.24, 2.45) is 0 Å². The van der Waals surface area contributed by atoms with Crippen LogP contribution in [0, 0.1) is 10.5 Å². The second-order valence-corrected chi connectivity index (χ2v) is 7.12. The number of benzene rings is 1. The summed E-state index contributed by atoms with van der Waals surface area (Å²) in [5.41, 5.74) is 1.33. The molecule has 4 heteroatoms. The minimum absolute atomic E-state index is 0.260. The van der Waals surface area contributed by atoms with Crippen LogP contribution < -0.4 is 5.32 Å². The Kier molecular flexibility index (Phi) is 4.63. The van der Waals surface area contributed by atoms with E-state index in [0.717, 1.165) is 0 Å². The van der Waals surface area contributed by atoms with Gasteiger partial charge in [0.15, 0.2) is 0 Å². The van der Waals surface area contributed by atoms with Gasteiger partial charge in [0.2, 0.25) is 0 Å². The van der Waals surface area contributed by atoms with Crippen LogP contribution in [0.15, 0.2) is 34.8 Å². The zero-order valence-corrected chi connectivity index (χ0v) is 14.2. The molecule has 1 nitrogen and oxygen atoms in total. The van der Waals surface area contributed by atoms with E-state index in [-0.39, 0.29) is 6.04 Å². The van der Waals surface area contributed by atoms with Crippen LogP contribution in [0.5, 0.6) is 0 Å². The van der Waals surface area contributed by atoms with Crippen molar-refractivity contribution in [2.75, 3.05) is 7.05 Å². The number of rotatable bonds is 3. The van der Waals surface area contributed by atoms with Gasteiger partial charge in [-0.15, -0.1) is 11.3 Å². The van der Waals surface area contributed by atoms with Crippen LogP contribution in [0.25, 0.3) is 0 Å². The smallest absolute Gasteiger partial charge is 0.0690 e. The van der Waals surface area contributed by atoms with Crippen molar-refractivity contribution in [3.63, 3.8) is 0 Å². The molecule has 1 aromatic heterocycles.